The van der Waals surface area contributed by atoms with Gasteiger partial charge in [0.15, 0.2) is 0 Å². The molecule has 0 bridgehead atoms. The van der Waals surface area contributed by atoms with Gasteiger partial charge in [0.1, 0.15) is 12.5 Å². The smallest absolute Gasteiger partial charge is 0.322 e. The molecule has 0 aliphatic carbocycles. The van der Waals surface area contributed by atoms with Crippen LogP contribution in [0.5, 0.6) is 0 Å². The van der Waals surface area contributed by atoms with Crippen molar-refractivity contribution < 1.29 is 17.7 Å². The van der Waals surface area contributed by atoms with Gasteiger partial charge in [0.05, 0.1) is 0 Å². The first-order valence-electron chi connectivity index (χ1n) is 11.3. The molecule has 0 fully saturated rings. The lowest BCUT2D eigenvalue weighted by Gasteiger charge is -2.30. The molecule has 194 valence electrons. The normalized spacial score (nSPS) is 16.3. The zero-order valence-corrected chi connectivity index (χ0v) is 26.1. The highest BCUT2D eigenvalue weighted by atomic mass is 33.1. The minimum absolute atomic E-state index is 0.0913. The van der Waals surface area contributed by atoms with Gasteiger partial charge in [0, 0.05) is 38.8 Å². The molecule has 0 rings (SSSR count). The van der Waals surface area contributed by atoms with Crippen molar-refractivity contribution in [3.05, 3.63) is 0 Å². The monoisotopic (exact) mass is 530 g/mol. The number of rotatable bonds is 21. The maximum Gasteiger partial charge on any atom is 0.322 e. The van der Waals surface area contributed by atoms with Gasteiger partial charge in [-0.3, -0.25) is 9.80 Å². The van der Waals surface area contributed by atoms with Gasteiger partial charge in [0.25, 0.3) is 0 Å². The predicted octanol–water partition coefficient (Wildman–Crippen LogP) is 1.81. The van der Waals surface area contributed by atoms with Crippen molar-refractivity contribution in [2.24, 2.45) is 0 Å². The van der Waals surface area contributed by atoms with Crippen LogP contribution >= 0.6 is 21.6 Å². The molecule has 0 amide bonds. The van der Waals surface area contributed by atoms with E-state index >= 15 is 0 Å². The fraction of sp³-hybridized carbons (Fsp3) is 1.00. The zero-order valence-electron chi connectivity index (χ0n) is 22.2. The summed E-state index contributed by atoms with van der Waals surface area (Å²) in [4.78, 5) is 8.57. The van der Waals surface area contributed by atoms with E-state index in [9.17, 15) is 0 Å². The molecule has 0 aromatic carbocycles. The second-order valence-electron chi connectivity index (χ2n) is 8.89. The maximum atomic E-state index is 6.28. The van der Waals surface area contributed by atoms with E-state index in [-0.39, 0.29) is 12.5 Å². The van der Waals surface area contributed by atoms with E-state index in [0.29, 0.717) is 0 Å². The highest BCUT2D eigenvalue weighted by Crippen LogP contribution is 2.25. The summed E-state index contributed by atoms with van der Waals surface area (Å²) >= 11 is 0. The standard InChI is InChI=1S/C20H50N4O4S2Si2/c1-21(2)17-19(23(5)6)27-31(25-9)15-11-13-29-30-14-12-16-32(26-10)28-20(24(7)8)18-22(3)4/h19-20,31-32H,11-18H2,1-10H3. The molecular weight excluding hydrogens is 481 g/mol. The number of hydrogen-bond donors (Lipinski definition) is 0. The SMILES string of the molecule is CO[SiH](CCCSSCCC[SiH](OC)OC(CN(C)C)N(C)C)OC(CN(C)C)N(C)C. The topological polar surface area (TPSA) is 49.9 Å². The minimum Gasteiger partial charge on any atom is -0.400 e. The average molecular weight is 531 g/mol. The zero-order chi connectivity index (χ0) is 24.5. The van der Waals surface area contributed by atoms with E-state index in [1.165, 1.54) is 0 Å². The Labute approximate surface area is 209 Å². The van der Waals surface area contributed by atoms with Gasteiger partial charge in [-0.1, -0.05) is 21.6 Å². The van der Waals surface area contributed by atoms with Crippen LogP contribution in [-0.4, -0.2) is 146 Å². The van der Waals surface area contributed by atoms with E-state index in [1.54, 1.807) is 14.2 Å². The average Bonchev–Trinajstić information content (AvgIpc) is 2.71. The van der Waals surface area contributed by atoms with Crippen molar-refractivity contribution in [3.63, 3.8) is 0 Å². The van der Waals surface area contributed by atoms with Crippen molar-refractivity contribution in [3.8, 4) is 0 Å². The summed E-state index contributed by atoms with van der Waals surface area (Å²) in [6.45, 7) is 1.76. The largest absolute Gasteiger partial charge is 0.400 e. The summed E-state index contributed by atoms with van der Waals surface area (Å²) in [5, 5.41) is 0. The number of nitrogens with zero attached hydrogens (tertiary/aromatic N) is 4. The van der Waals surface area contributed by atoms with Crippen LogP contribution in [0, 0.1) is 0 Å². The van der Waals surface area contributed by atoms with Crippen LogP contribution in [0.15, 0.2) is 0 Å². The van der Waals surface area contributed by atoms with Gasteiger partial charge < -0.3 is 27.5 Å². The summed E-state index contributed by atoms with van der Waals surface area (Å²) in [6, 6.07) is 2.10. The fourth-order valence-corrected chi connectivity index (χ4v) is 9.06. The van der Waals surface area contributed by atoms with Crippen LogP contribution in [-0.2, 0) is 17.7 Å². The van der Waals surface area contributed by atoms with Crippen LogP contribution < -0.4 is 0 Å². The molecule has 8 nitrogen and oxygen atoms in total. The van der Waals surface area contributed by atoms with Gasteiger partial charge in [-0.25, -0.2) is 0 Å². The molecule has 0 aliphatic rings. The Morgan fingerprint density at radius 1 is 0.625 bits per heavy atom. The van der Waals surface area contributed by atoms with Crippen molar-refractivity contribution >= 4 is 40.2 Å². The van der Waals surface area contributed by atoms with Gasteiger partial charge in [-0.15, -0.1) is 0 Å². The molecule has 0 saturated carbocycles. The van der Waals surface area contributed by atoms with Crippen molar-refractivity contribution in [1.29, 1.82) is 0 Å². The second kappa shape index (κ2) is 20.1. The molecule has 0 heterocycles. The van der Waals surface area contributed by atoms with Crippen molar-refractivity contribution in [2.75, 3.05) is 95.2 Å². The van der Waals surface area contributed by atoms with Crippen LogP contribution in [0.2, 0.25) is 12.1 Å². The molecule has 0 N–H and O–H groups in total. The molecule has 4 atom stereocenters. The summed E-state index contributed by atoms with van der Waals surface area (Å²) in [6.07, 6.45) is 2.46. The van der Waals surface area contributed by atoms with E-state index in [2.05, 4.69) is 76.0 Å². The lowest BCUT2D eigenvalue weighted by atomic mass is 10.5. The molecule has 0 spiro atoms. The Balaban J connectivity index is 4.03. The fourth-order valence-electron chi connectivity index (χ4n) is 2.85. The lowest BCUT2D eigenvalue weighted by molar-refractivity contribution is 0.0204. The quantitative estimate of drug-likeness (QED) is 0.0950. The molecule has 32 heavy (non-hydrogen) atoms. The van der Waals surface area contributed by atoms with Crippen LogP contribution in [0.4, 0.5) is 0 Å². The first-order valence-corrected chi connectivity index (χ1v) is 17.3. The van der Waals surface area contributed by atoms with Crippen LogP contribution in [0.1, 0.15) is 12.8 Å². The van der Waals surface area contributed by atoms with Crippen molar-refractivity contribution in [1.82, 2.24) is 19.6 Å². The van der Waals surface area contributed by atoms with Gasteiger partial charge in [-0.2, -0.15) is 0 Å². The van der Waals surface area contributed by atoms with Crippen molar-refractivity contribution in [2.45, 2.75) is 37.4 Å². The predicted molar refractivity (Wildman–Crippen MR) is 146 cm³/mol. The lowest BCUT2D eigenvalue weighted by Crippen LogP contribution is -2.43. The molecular formula is C20H50N4O4S2Si2. The summed E-state index contributed by atoms with van der Waals surface area (Å²) < 4.78 is 24.0. The van der Waals surface area contributed by atoms with Gasteiger partial charge in [-0.05, 0) is 81.3 Å². The van der Waals surface area contributed by atoms with E-state index in [0.717, 1.165) is 49.5 Å². The summed E-state index contributed by atoms with van der Waals surface area (Å²) in [5.74, 6) is 2.27. The molecule has 12 heteroatoms. The molecule has 4 unspecified atom stereocenters. The maximum absolute atomic E-state index is 6.28. The Hall–Kier alpha value is 0.814. The third kappa shape index (κ3) is 17.3. The molecule has 0 aromatic rings. The Bertz CT molecular complexity index is 406. The highest BCUT2D eigenvalue weighted by molar-refractivity contribution is 8.76. The highest BCUT2D eigenvalue weighted by Gasteiger charge is 2.22. The summed E-state index contributed by atoms with van der Waals surface area (Å²) in [5.41, 5.74) is 0. The molecule has 0 saturated heterocycles. The van der Waals surface area contributed by atoms with E-state index in [4.69, 9.17) is 17.7 Å². The summed E-state index contributed by atoms with van der Waals surface area (Å²) in [7, 11) is 20.8. The van der Waals surface area contributed by atoms with Gasteiger partial charge >= 0.3 is 18.6 Å². The van der Waals surface area contributed by atoms with Gasteiger partial charge in [0.2, 0.25) is 0 Å². The van der Waals surface area contributed by atoms with Crippen LogP contribution in [0.25, 0.3) is 0 Å². The second-order valence-corrected chi connectivity index (χ2v) is 16.0. The minimum atomic E-state index is -1.63. The first kappa shape index (κ1) is 32.8. The van der Waals surface area contributed by atoms with Crippen LogP contribution in [0.3, 0.4) is 0 Å². The Morgan fingerprint density at radius 3 is 1.22 bits per heavy atom. The molecule has 0 radical (unpaired) electrons. The Morgan fingerprint density at radius 2 is 0.969 bits per heavy atom. The van der Waals surface area contributed by atoms with E-state index in [1.807, 2.05) is 21.6 Å². The molecule has 0 aliphatic heterocycles. The number of likely N-dealkylation sites (N-methyl/N-ethyl adjacent to an activating group) is 4. The van der Waals surface area contributed by atoms with E-state index < -0.39 is 18.6 Å². The Kier molecular flexibility index (Phi) is 20.6. The third-order valence-electron chi connectivity index (χ3n) is 4.76. The first-order chi connectivity index (χ1) is 15.1. The molecule has 0 aromatic heterocycles. The number of hydrogen-bond acceptors (Lipinski definition) is 10. The third-order valence-corrected chi connectivity index (χ3v) is 11.4.